The van der Waals surface area contributed by atoms with Gasteiger partial charge >= 0.3 is 0 Å². The van der Waals surface area contributed by atoms with Crippen molar-refractivity contribution >= 4 is 0 Å². The third-order valence-electron chi connectivity index (χ3n) is 3.47. The molecule has 0 aromatic heterocycles. The number of nitrogens with one attached hydrogen (secondary N) is 1. The van der Waals surface area contributed by atoms with Gasteiger partial charge in [-0.25, -0.2) is 0 Å². The van der Waals surface area contributed by atoms with Gasteiger partial charge in [0.1, 0.15) is 5.75 Å². The molecule has 112 valence electrons. The van der Waals surface area contributed by atoms with Crippen LogP contribution in [-0.4, -0.2) is 39.5 Å². The fourth-order valence-corrected chi connectivity index (χ4v) is 2.35. The Bertz CT molecular complexity index is 391. The van der Waals surface area contributed by atoms with Crippen molar-refractivity contribution in [3.05, 3.63) is 29.8 Å². The van der Waals surface area contributed by atoms with Crippen molar-refractivity contribution < 1.29 is 14.2 Å². The lowest BCUT2D eigenvalue weighted by atomic mass is 10.1. The van der Waals surface area contributed by atoms with E-state index >= 15 is 0 Å². The zero-order valence-corrected chi connectivity index (χ0v) is 12.4. The summed E-state index contributed by atoms with van der Waals surface area (Å²) in [4.78, 5) is 0. The summed E-state index contributed by atoms with van der Waals surface area (Å²) in [5.74, 6) is 0.870. The zero-order chi connectivity index (χ0) is 14.2. The second kappa shape index (κ2) is 8.25. The number of rotatable bonds is 8. The number of methoxy groups -OCH3 is 1. The fourth-order valence-electron chi connectivity index (χ4n) is 2.35. The smallest absolute Gasteiger partial charge is 0.119 e. The van der Waals surface area contributed by atoms with E-state index in [-0.39, 0.29) is 12.2 Å². The lowest BCUT2D eigenvalue weighted by molar-refractivity contribution is -0.0164. The maximum absolute atomic E-state index is 6.20. The predicted molar refractivity (Wildman–Crippen MR) is 79.2 cm³/mol. The van der Waals surface area contributed by atoms with Crippen LogP contribution in [0.3, 0.4) is 0 Å². The van der Waals surface area contributed by atoms with Gasteiger partial charge in [-0.05, 0) is 37.1 Å². The van der Waals surface area contributed by atoms with E-state index in [0.717, 1.165) is 43.9 Å². The minimum Gasteiger partial charge on any atom is -0.497 e. The van der Waals surface area contributed by atoms with Crippen LogP contribution in [-0.2, 0) is 9.47 Å². The molecular formula is C16H25NO3. The number of ether oxygens (including phenoxy) is 3. The monoisotopic (exact) mass is 279 g/mol. The summed E-state index contributed by atoms with van der Waals surface area (Å²) in [6.07, 6.45) is 2.35. The van der Waals surface area contributed by atoms with E-state index in [1.165, 1.54) is 0 Å². The van der Waals surface area contributed by atoms with E-state index in [0.29, 0.717) is 6.61 Å². The Labute approximate surface area is 121 Å². The molecule has 4 nitrogen and oxygen atoms in total. The zero-order valence-electron chi connectivity index (χ0n) is 12.4. The van der Waals surface area contributed by atoms with Gasteiger partial charge in [0, 0.05) is 13.2 Å². The van der Waals surface area contributed by atoms with Gasteiger partial charge in [-0.1, -0.05) is 19.1 Å². The molecule has 0 aliphatic carbocycles. The van der Waals surface area contributed by atoms with Crippen molar-refractivity contribution in [2.75, 3.05) is 33.4 Å². The van der Waals surface area contributed by atoms with Gasteiger partial charge in [0.15, 0.2) is 0 Å². The molecule has 0 amide bonds. The van der Waals surface area contributed by atoms with Crippen LogP contribution in [0.5, 0.6) is 5.75 Å². The summed E-state index contributed by atoms with van der Waals surface area (Å²) in [6.45, 7) is 5.49. The first-order valence-corrected chi connectivity index (χ1v) is 7.41. The van der Waals surface area contributed by atoms with Crippen molar-refractivity contribution in [3.8, 4) is 5.75 Å². The molecule has 2 unspecified atom stereocenters. The Morgan fingerprint density at radius 3 is 3.05 bits per heavy atom. The molecule has 1 N–H and O–H groups in total. The van der Waals surface area contributed by atoms with Crippen molar-refractivity contribution in [2.24, 2.45) is 0 Å². The predicted octanol–water partition coefficient (Wildman–Crippen LogP) is 2.54. The summed E-state index contributed by atoms with van der Waals surface area (Å²) in [5.41, 5.74) is 1.15. The molecule has 1 aromatic carbocycles. The molecule has 2 atom stereocenters. The molecule has 0 saturated carbocycles. The van der Waals surface area contributed by atoms with Gasteiger partial charge < -0.3 is 19.5 Å². The van der Waals surface area contributed by atoms with Crippen LogP contribution in [0.2, 0.25) is 0 Å². The van der Waals surface area contributed by atoms with Crippen LogP contribution >= 0.6 is 0 Å². The summed E-state index contributed by atoms with van der Waals surface area (Å²) < 4.78 is 16.9. The molecule has 1 aliphatic rings. The van der Waals surface area contributed by atoms with Crippen LogP contribution in [0.25, 0.3) is 0 Å². The van der Waals surface area contributed by atoms with Crippen molar-refractivity contribution in [1.29, 1.82) is 0 Å². The molecule has 1 fully saturated rings. The van der Waals surface area contributed by atoms with E-state index in [4.69, 9.17) is 14.2 Å². The minimum atomic E-state index is 0.0448. The van der Waals surface area contributed by atoms with Crippen LogP contribution in [0.4, 0.5) is 0 Å². The number of hydrogen-bond donors (Lipinski definition) is 1. The molecule has 0 spiro atoms. The lowest BCUT2D eigenvalue weighted by Gasteiger charge is -2.22. The average Bonchev–Trinajstić information content (AvgIpc) is 2.99. The Kier molecular flexibility index (Phi) is 6.30. The second-order valence-corrected chi connectivity index (χ2v) is 5.09. The van der Waals surface area contributed by atoms with Crippen molar-refractivity contribution in [1.82, 2.24) is 5.32 Å². The van der Waals surface area contributed by atoms with Gasteiger partial charge in [0.2, 0.25) is 0 Å². The second-order valence-electron chi connectivity index (χ2n) is 5.09. The number of benzene rings is 1. The molecular weight excluding hydrogens is 254 g/mol. The van der Waals surface area contributed by atoms with E-state index in [9.17, 15) is 0 Å². The Hall–Kier alpha value is -1.10. The highest BCUT2D eigenvalue weighted by Gasteiger charge is 2.22. The molecule has 4 heteroatoms. The highest BCUT2D eigenvalue weighted by atomic mass is 16.6. The van der Waals surface area contributed by atoms with Gasteiger partial charge in [-0.15, -0.1) is 0 Å². The quantitative estimate of drug-likeness (QED) is 0.742. The summed E-state index contributed by atoms with van der Waals surface area (Å²) in [7, 11) is 1.69. The minimum absolute atomic E-state index is 0.0448. The SMILES string of the molecule is CCCNCC(OC1CCOC1)c1cccc(OC)c1. The van der Waals surface area contributed by atoms with Gasteiger partial charge in [0.05, 0.1) is 25.9 Å². The van der Waals surface area contributed by atoms with Crippen molar-refractivity contribution in [3.63, 3.8) is 0 Å². The molecule has 2 rings (SSSR count). The molecule has 20 heavy (non-hydrogen) atoms. The Morgan fingerprint density at radius 2 is 2.35 bits per heavy atom. The highest BCUT2D eigenvalue weighted by molar-refractivity contribution is 5.30. The first kappa shape index (κ1) is 15.3. The third-order valence-corrected chi connectivity index (χ3v) is 3.47. The van der Waals surface area contributed by atoms with Crippen molar-refractivity contribution in [2.45, 2.75) is 32.0 Å². The normalized spacial score (nSPS) is 20.0. The van der Waals surface area contributed by atoms with Crippen LogP contribution < -0.4 is 10.1 Å². The molecule has 0 bridgehead atoms. The van der Waals surface area contributed by atoms with E-state index < -0.39 is 0 Å². The van der Waals surface area contributed by atoms with Crippen LogP contribution in [0.15, 0.2) is 24.3 Å². The van der Waals surface area contributed by atoms with Crippen LogP contribution in [0.1, 0.15) is 31.4 Å². The summed E-state index contributed by atoms with van der Waals surface area (Å²) in [6, 6.07) is 8.11. The summed E-state index contributed by atoms with van der Waals surface area (Å²) in [5, 5.41) is 3.44. The molecule has 1 saturated heterocycles. The van der Waals surface area contributed by atoms with E-state index in [1.54, 1.807) is 7.11 Å². The van der Waals surface area contributed by atoms with E-state index in [2.05, 4.69) is 18.3 Å². The van der Waals surface area contributed by atoms with E-state index in [1.807, 2.05) is 18.2 Å². The Balaban J connectivity index is 2.02. The van der Waals surface area contributed by atoms with Gasteiger partial charge in [0.25, 0.3) is 0 Å². The molecule has 1 aliphatic heterocycles. The standard InChI is InChI=1S/C16H25NO3/c1-3-8-17-11-16(20-15-7-9-19-12-15)13-5-4-6-14(10-13)18-2/h4-6,10,15-17H,3,7-9,11-12H2,1-2H3. The van der Waals surface area contributed by atoms with Gasteiger partial charge in [-0.3, -0.25) is 0 Å². The highest BCUT2D eigenvalue weighted by Crippen LogP contribution is 2.25. The topological polar surface area (TPSA) is 39.7 Å². The fraction of sp³-hybridized carbons (Fsp3) is 0.625. The lowest BCUT2D eigenvalue weighted by Crippen LogP contribution is -2.27. The third kappa shape index (κ3) is 4.47. The summed E-state index contributed by atoms with van der Waals surface area (Å²) >= 11 is 0. The Morgan fingerprint density at radius 1 is 1.45 bits per heavy atom. The first-order chi connectivity index (χ1) is 9.83. The first-order valence-electron chi connectivity index (χ1n) is 7.41. The van der Waals surface area contributed by atoms with Gasteiger partial charge in [-0.2, -0.15) is 0 Å². The molecule has 1 heterocycles. The molecule has 0 radical (unpaired) electrons. The van der Waals surface area contributed by atoms with Crippen LogP contribution in [0, 0.1) is 0 Å². The maximum atomic E-state index is 6.20. The largest absolute Gasteiger partial charge is 0.497 e. The maximum Gasteiger partial charge on any atom is 0.119 e. The molecule has 1 aromatic rings. The number of hydrogen-bond acceptors (Lipinski definition) is 4. The average molecular weight is 279 g/mol.